The number of aromatic nitrogens is 2. The van der Waals surface area contributed by atoms with Gasteiger partial charge in [-0.3, -0.25) is 0 Å². The van der Waals surface area contributed by atoms with Gasteiger partial charge in [-0.25, -0.2) is 9.78 Å². The number of hydrogen-bond acceptors (Lipinski definition) is 4. The number of ether oxygens (including phenoxy) is 1. The maximum atomic E-state index is 11.9. The van der Waals surface area contributed by atoms with Gasteiger partial charge in [-0.1, -0.05) is 0 Å². The van der Waals surface area contributed by atoms with Crippen LogP contribution >= 0.6 is 0 Å². The van der Waals surface area contributed by atoms with E-state index in [1.807, 2.05) is 20.8 Å². The number of rotatable bonds is 1. The topological polar surface area (TPSA) is 61.5 Å². The van der Waals surface area contributed by atoms with E-state index in [1.165, 1.54) is 0 Å². The molecule has 1 aliphatic rings. The molecule has 0 radical (unpaired) electrons. The molecule has 1 fully saturated rings. The number of hydrogen-bond donors (Lipinski definition) is 1. The largest absolute Gasteiger partial charge is 0.444 e. The lowest BCUT2D eigenvalue weighted by atomic mass is 10.2. The predicted octanol–water partition coefficient (Wildman–Crippen LogP) is 1.47. The summed E-state index contributed by atoms with van der Waals surface area (Å²) in [5, 5.41) is 0. The highest BCUT2D eigenvalue weighted by Gasteiger charge is 2.26. The van der Waals surface area contributed by atoms with E-state index >= 15 is 0 Å². The van der Waals surface area contributed by atoms with Crippen LogP contribution in [-0.2, 0) is 4.74 Å². The fourth-order valence-electron chi connectivity index (χ4n) is 1.86. The lowest BCUT2D eigenvalue weighted by Crippen LogP contribution is -2.50. The van der Waals surface area contributed by atoms with Gasteiger partial charge < -0.3 is 19.5 Å². The van der Waals surface area contributed by atoms with Crippen molar-refractivity contribution in [3.8, 4) is 0 Å². The minimum Gasteiger partial charge on any atom is -0.444 e. The standard InChI is InChI=1S/C12H20N4O2/c1-12(2,3)18-11(17)16-8-6-15(7-9-16)10-13-4-5-14-10/h4-5H,6-9H2,1-3H3,(H,13,14). The Labute approximate surface area is 107 Å². The van der Waals surface area contributed by atoms with Gasteiger partial charge >= 0.3 is 6.09 Å². The molecule has 0 bridgehead atoms. The summed E-state index contributed by atoms with van der Waals surface area (Å²) in [5.41, 5.74) is -0.435. The molecular formula is C12H20N4O2. The first-order valence-electron chi connectivity index (χ1n) is 6.18. The van der Waals surface area contributed by atoms with Crippen molar-refractivity contribution in [3.63, 3.8) is 0 Å². The van der Waals surface area contributed by atoms with Crippen molar-refractivity contribution in [1.82, 2.24) is 14.9 Å². The van der Waals surface area contributed by atoms with E-state index in [0.717, 1.165) is 19.0 Å². The predicted molar refractivity (Wildman–Crippen MR) is 68.6 cm³/mol. The quantitative estimate of drug-likeness (QED) is 0.822. The number of nitrogens with zero attached hydrogens (tertiary/aromatic N) is 3. The zero-order chi connectivity index (χ0) is 13.2. The fraction of sp³-hybridized carbons (Fsp3) is 0.667. The molecule has 0 saturated carbocycles. The minimum absolute atomic E-state index is 0.235. The molecule has 1 aliphatic heterocycles. The van der Waals surface area contributed by atoms with Crippen molar-refractivity contribution >= 4 is 12.0 Å². The van der Waals surface area contributed by atoms with Gasteiger partial charge in [0.2, 0.25) is 5.95 Å². The van der Waals surface area contributed by atoms with Crippen molar-refractivity contribution in [2.75, 3.05) is 31.1 Å². The molecule has 100 valence electrons. The van der Waals surface area contributed by atoms with Crippen LogP contribution < -0.4 is 4.90 Å². The third kappa shape index (κ3) is 3.15. The van der Waals surface area contributed by atoms with Gasteiger partial charge in [0.15, 0.2) is 0 Å². The number of carbonyl (C=O) groups is 1. The Morgan fingerprint density at radius 1 is 1.33 bits per heavy atom. The van der Waals surface area contributed by atoms with Gasteiger partial charge in [0.1, 0.15) is 5.60 Å². The number of carbonyl (C=O) groups excluding carboxylic acids is 1. The molecule has 0 aromatic carbocycles. The minimum atomic E-state index is -0.435. The molecule has 1 saturated heterocycles. The van der Waals surface area contributed by atoms with Crippen molar-refractivity contribution < 1.29 is 9.53 Å². The molecule has 6 nitrogen and oxygen atoms in total. The average molecular weight is 252 g/mol. The second kappa shape index (κ2) is 4.88. The molecule has 2 heterocycles. The number of H-pyrrole nitrogens is 1. The summed E-state index contributed by atoms with van der Waals surface area (Å²) in [6.07, 6.45) is 3.30. The molecule has 1 N–H and O–H groups in total. The SMILES string of the molecule is CC(C)(C)OC(=O)N1CCN(c2ncc[nH]2)CC1. The van der Waals surface area contributed by atoms with Crippen LogP contribution in [-0.4, -0.2) is 52.7 Å². The van der Waals surface area contributed by atoms with Crippen LogP contribution in [0.15, 0.2) is 12.4 Å². The van der Waals surface area contributed by atoms with E-state index < -0.39 is 5.60 Å². The van der Waals surface area contributed by atoms with Crippen molar-refractivity contribution in [3.05, 3.63) is 12.4 Å². The van der Waals surface area contributed by atoms with Gasteiger partial charge in [-0.2, -0.15) is 0 Å². The number of imidazole rings is 1. The van der Waals surface area contributed by atoms with Gasteiger partial charge in [0, 0.05) is 38.6 Å². The molecule has 0 aliphatic carbocycles. The number of amides is 1. The monoisotopic (exact) mass is 252 g/mol. The maximum absolute atomic E-state index is 11.9. The molecule has 2 rings (SSSR count). The Hall–Kier alpha value is -1.72. The number of aromatic amines is 1. The second-order valence-electron chi connectivity index (χ2n) is 5.37. The summed E-state index contributed by atoms with van der Waals surface area (Å²) >= 11 is 0. The van der Waals surface area contributed by atoms with E-state index in [-0.39, 0.29) is 6.09 Å². The number of nitrogens with one attached hydrogen (secondary N) is 1. The Balaban J connectivity index is 1.85. The highest BCUT2D eigenvalue weighted by atomic mass is 16.6. The molecule has 0 atom stereocenters. The maximum Gasteiger partial charge on any atom is 0.410 e. The smallest absolute Gasteiger partial charge is 0.410 e. The Morgan fingerprint density at radius 2 is 2.00 bits per heavy atom. The van der Waals surface area contributed by atoms with Gasteiger partial charge in [-0.15, -0.1) is 0 Å². The Morgan fingerprint density at radius 3 is 2.50 bits per heavy atom. The van der Waals surface area contributed by atoms with Crippen LogP contribution in [0.5, 0.6) is 0 Å². The van der Waals surface area contributed by atoms with E-state index in [0.29, 0.717) is 13.1 Å². The molecule has 1 aromatic rings. The Bertz CT molecular complexity index is 389. The lowest BCUT2D eigenvalue weighted by molar-refractivity contribution is 0.0240. The second-order valence-corrected chi connectivity index (χ2v) is 5.37. The first-order chi connectivity index (χ1) is 8.46. The molecule has 0 unspecified atom stereocenters. The summed E-state index contributed by atoms with van der Waals surface area (Å²) in [7, 11) is 0. The number of piperazine rings is 1. The van der Waals surface area contributed by atoms with Gasteiger partial charge in [0.25, 0.3) is 0 Å². The number of anilines is 1. The van der Waals surface area contributed by atoms with E-state index in [2.05, 4.69) is 14.9 Å². The van der Waals surface area contributed by atoms with Crippen LogP contribution in [0.25, 0.3) is 0 Å². The third-order valence-corrected chi connectivity index (χ3v) is 2.71. The normalized spacial score (nSPS) is 16.8. The van der Waals surface area contributed by atoms with E-state index in [4.69, 9.17) is 4.74 Å². The van der Waals surface area contributed by atoms with Gasteiger partial charge in [0.05, 0.1) is 0 Å². The van der Waals surface area contributed by atoms with Crippen LogP contribution in [0.4, 0.5) is 10.7 Å². The van der Waals surface area contributed by atoms with Crippen LogP contribution in [0, 0.1) is 0 Å². The fourth-order valence-corrected chi connectivity index (χ4v) is 1.86. The summed E-state index contributed by atoms with van der Waals surface area (Å²) in [6, 6.07) is 0. The Kier molecular flexibility index (Phi) is 3.45. The molecule has 18 heavy (non-hydrogen) atoms. The van der Waals surface area contributed by atoms with Crippen LogP contribution in [0.2, 0.25) is 0 Å². The van der Waals surface area contributed by atoms with Crippen molar-refractivity contribution in [1.29, 1.82) is 0 Å². The lowest BCUT2D eigenvalue weighted by Gasteiger charge is -2.35. The summed E-state index contributed by atoms with van der Waals surface area (Å²) in [5.74, 6) is 0.860. The summed E-state index contributed by atoms with van der Waals surface area (Å²) in [6.45, 7) is 8.50. The summed E-state index contributed by atoms with van der Waals surface area (Å²) < 4.78 is 5.35. The average Bonchev–Trinajstić information content (AvgIpc) is 2.80. The van der Waals surface area contributed by atoms with E-state index in [1.54, 1.807) is 17.3 Å². The van der Waals surface area contributed by atoms with Gasteiger partial charge in [-0.05, 0) is 20.8 Å². The molecule has 1 amide bonds. The van der Waals surface area contributed by atoms with E-state index in [9.17, 15) is 4.79 Å². The zero-order valence-electron chi connectivity index (χ0n) is 11.1. The van der Waals surface area contributed by atoms with Crippen LogP contribution in [0.3, 0.4) is 0 Å². The molecule has 1 aromatic heterocycles. The molecule has 0 spiro atoms. The highest BCUT2D eigenvalue weighted by molar-refractivity contribution is 5.68. The third-order valence-electron chi connectivity index (χ3n) is 2.71. The van der Waals surface area contributed by atoms with Crippen molar-refractivity contribution in [2.45, 2.75) is 26.4 Å². The molecular weight excluding hydrogens is 232 g/mol. The highest BCUT2D eigenvalue weighted by Crippen LogP contribution is 2.14. The first-order valence-corrected chi connectivity index (χ1v) is 6.18. The first kappa shape index (κ1) is 12.7. The van der Waals surface area contributed by atoms with Crippen LogP contribution in [0.1, 0.15) is 20.8 Å². The van der Waals surface area contributed by atoms with Crippen molar-refractivity contribution in [2.24, 2.45) is 0 Å². The summed E-state index contributed by atoms with van der Waals surface area (Å²) in [4.78, 5) is 23.0. The zero-order valence-corrected chi connectivity index (χ0v) is 11.1. The molecule has 6 heteroatoms.